The molecule has 0 bridgehead atoms. The van der Waals surface area contributed by atoms with Gasteiger partial charge in [0.25, 0.3) is 0 Å². The first-order valence-electron chi connectivity index (χ1n) is 11.5. The maximum Gasteiger partial charge on any atom is 0.227 e. The second-order valence-electron chi connectivity index (χ2n) is 8.17. The molecule has 4 rings (SSSR count). The summed E-state index contributed by atoms with van der Waals surface area (Å²) in [7, 11) is 1.78. The summed E-state index contributed by atoms with van der Waals surface area (Å²) in [5.74, 6) is 1.33. The molecule has 0 spiro atoms. The lowest BCUT2D eigenvalue weighted by atomic mass is 10.0. The van der Waals surface area contributed by atoms with Gasteiger partial charge in [-0.2, -0.15) is 10.5 Å². The van der Waals surface area contributed by atoms with E-state index in [1.807, 2.05) is 24.5 Å². The van der Waals surface area contributed by atoms with Gasteiger partial charge in [0.2, 0.25) is 5.95 Å². The van der Waals surface area contributed by atoms with Crippen molar-refractivity contribution in [2.75, 3.05) is 31.8 Å². The first-order chi connectivity index (χ1) is 16.6. The number of anilines is 1. The van der Waals surface area contributed by atoms with E-state index in [1.54, 1.807) is 7.11 Å². The molecule has 1 aromatic heterocycles. The topological polar surface area (TPSA) is 99.1 Å². The normalized spacial score (nSPS) is 16.3. The van der Waals surface area contributed by atoms with E-state index in [0.29, 0.717) is 12.0 Å². The molecule has 0 radical (unpaired) electrons. The van der Waals surface area contributed by atoms with Crippen molar-refractivity contribution in [2.24, 2.45) is 5.73 Å². The van der Waals surface area contributed by atoms with Crippen molar-refractivity contribution in [3.8, 4) is 16.9 Å². The molecule has 7 nitrogen and oxygen atoms in total. The van der Waals surface area contributed by atoms with Crippen molar-refractivity contribution < 1.29 is 9.73 Å². The lowest BCUT2D eigenvalue weighted by Gasteiger charge is -2.15. The zero-order valence-electron chi connectivity index (χ0n) is 20.0. The molecule has 1 saturated heterocycles. The van der Waals surface area contributed by atoms with Gasteiger partial charge < -0.3 is 21.1 Å². The van der Waals surface area contributed by atoms with Gasteiger partial charge in [0.05, 0.1) is 12.6 Å². The van der Waals surface area contributed by atoms with E-state index >= 15 is 0 Å². The van der Waals surface area contributed by atoms with Crippen LogP contribution in [0.3, 0.4) is 0 Å². The van der Waals surface area contributed by atoms with Crippen LogP contribution < -0.4 is 26.1 Å². The van der Waals surface area contributed by atoms with Gasteiger partial charge in [0.1, 0.15) is 11.4 Å². The van der Waals surface area contributed by atoms with Crippen molar-refractivity contribution in [2.45, 2.75) is 30.7 Å². The number of nitrogens with one attached hydrogen (secondary N) is 3. The van der Waals surface area contributed by atoms with Gasteiger partial charge in [-0.1, -0.05) is 23.6 Å². The molecule has 178 valence electrons. The Kier molecular flexibility index (Phi) is 7.92. The Bertz CT molecular complexity index is 1250. The molecule has 3 aromatic rings. The summed E-state index contributed by atoms with van der Waals surface area (Å²) >= 11 is 0. The van der Waals surface area contributed by atoms with E-state index in [0.717, 1.165) is 59.4 Å². The second-order valence-corrected chi connectivity index (χ2v) is 10.2. The number of para-hydroxylation sites is 1. The Morgan fingerprint density at radius 1 is 1.24 bits per heavy atom. The van der Waals surface area contributed by atoms with Crippen LogP contribution in [0.15, 0.2) is 59.4 Å². The average Bonchev–Trinajstić information content (AvgIpc) is 2.90. The van der Waals surface area contributed by atoms with Crippen molar-refractivity contribution in [1.82, 2.24) is 15.3 Å². The van der Waals surface area contributed by atoms with E-state index in [9.17, 15) is 0 Å². The van der Waals surface area contributed by atoms with Crippen molar-refractivity contribution in [3.05, 3.63) is 54.5 Å². The van der Waals surface area contributed by atoms with Gasteiger partial charge in [-0.25, -0.2) is 15.0 Å². The molecule has 1 aliphatic heterocycles. The van der Waals surface area contributed by atoms with Crippen molar-refractivity contribution in [3.63, 3.8) is 0 Å². The summed E-state index contributed by atoms with van der Waals surface area (Å²) in [5, 5.41) is 9.78. The summed E-state index contributed by atoms with van der Waals surface area (Å²) in [6, 6.07) is 12.9. The third-order valence-electron chi connectivity index (χ3n) is 6.05. The summed E-state index contributed by atoms with van der Waals surface area (Å²) in [6.45, 7) is 4.14. The van der Waals surface area contributed by atoms with Gasteiger partial charge >= 0.3 is 0 Å². The molecule has 0 saturated carbocycles. The fourth-order valence-corrected chi connectivity index (χ4v) is 4.86. The molecular weight excluding hydrogens is 444 g/mol. The number of hydrogen-bond acceptors (Lipinski definition) is 6. The first kappa shape index (κ1) is 23.9. The fourth-order valence-electron chi connectivity index (χ4n) is 4.01. The number of fused-ring (bicyclic) bond motifs is 1. The number of allylic oxidation sites excluding steroid dienone is 1. The molecule has 2 heterocycles. The van der Waals surface area contributed by atoms with Gasteiger partial charge in [-0.05, 0) is 31.4 Å². The smallest absolute Gasteiger partial charge is 0.227 e. The predicted octanol–water partition coefficient (Wildman–Crippen LogP) is 2.50. The summed E-state index contributed by atoms with van der Waals surface area (Å²) in [5.41, 5.74) is 9.45. The van der Waals surface area contributed by atoms with E-state index < -0.39 is 0 Å². The highest BCUT2D eigenvalue weighted by Crippen LogP contribution is 2.37. The maximum absolute atomic E-state index is 5.88. The Labute approximate surface area is 203 Å². The van der Waals surface area contributed by atoms with Gasteiger partial charge in [-0.15, -0.1) is 0 Å². The molecule has 1 atom stereocenters. The van der Waals surface area contributed by atoms with Crippen LogP contribution in [-0.2, 0) is 0 Å². The van der Waals surface area contributed by atoms with E-state index in [2.05, 4.69) is 63.4 Å². The number of methoxy groups -OCH3 is 1. The molecule has 1 fully saturated rings. The SMILES string of the molecule is C/C=S(/C)c1ccc(-c2cccc3cnc(NC(C=[NH+]C4CCNCC4)=CN)nc23)c(OC)c1. The summed E-state index contributed by atoms with van der Waals surface area (Å²) < 4.78 is 5.77. The number of benzene rings is 2. The molecular formula is C26H33N6OS+. The molecule has 5 N–H and O–H groups in total. The van der Waals surface area contributed by atoms with Crippen LogP contribution in [0.1, 0.15) is 19.8 Å². The monoisotopic (exact) mass is 477 g/mol. The molecule has 1 unspecified atom stereocenters. The molecule has 1 aliphatic rings. The Morgan fingerprint density at radius 3 is 2.79 bits per heavy atom. The molecule has 0 amide bonds. The van der Waals surface area contributed by atoms with Gasteiger partial charge in [0, 0.05) is 59.7 Å². The van der Waals surface area contributed by atoms with E-state index in [-0.39, 0.29) is 10.5 Å². The lowest BCUT2D eigenvalue weighted by molar-refractivity contribution is -0.501. The highest BCUT2D eigenvalue weighted by molar-refractivity contribution is 8.14. The second kappa shape index (κ2) is 11.3. The minimum Gasteiger partial charge on any atom is -0.496 e. The zero-order chi connectivity index (χ0) is 23.9. The maximum atomic E-state index is 5.88. The van der Waals surface area contributed by atoms with Crippen molar-refractivity contribution >= 4 is 38.9 Å². The third kappa shape index (κ3) is 5.46. The number of nitrogens with zero attached hydrogens (tertiary/aromatic N) is 2. The number of piperidine rings is 1. The zero-order valence-corrected chi connectivity index (χ0v) is 20.8. The lowest BCUT2D eigenvalue weighted by Crippen LogP contribution is -2.78. The average molecular weight is 478 g/mol. The Morgan fingerprint density at radius 2 is 2.06 bits per heavy atom. The van der Waals surface area contributed by atoms with E-state index in [4.69, 9.17) is 15.5 Å². The minimum absolute atomic E-state index is 0.0686. The van der Waals surface area contributed by atoms with Crippen LogP contribution in [0.2, 0.25) is 0 Å². The number of hydrogen-bond donors (Lipinski definition) is 4. The minimum atomic E-state index is 0.0686. The molecule has 8 heteroatoms. The highest BCUT2D eigenvalue weighted by atomic mass is 32.2. The number of aromatic nitrogens is 2. The standard InChI is InChI=1S/C26H32N6OS/c1-4-34(3)21-8-9-22(24(14-21)33-2)23-7-5-6-18-16-30-26(32-25(18)23)31-20(15-27)17-29-19-10-12-28-13-11-19/h4-9,14-17,19,28H,10-13,27H2,1-3H3,(H,30,31,32)/p+1. The first-order valence-corrected chi connectivity index (χ1v) is 13.2. The van der Waals surface area contributed by atoms with Crippen LogP contribution in [0.5, 0.6) is 5.75 Å². The van der Waals surface area contributed by atoms with Crippen LogP contribution >= 0.6 is 10.5 Å². The van der Waals surface area contributed by atoms with Crippen LogP contribution in [0.25, 0.3) is 22.0 Å². The van der Waals surface area contributed by atoms with E-state index in [1.165, 1.54) is 11.1 Å². The largest absolute Gasteiger partial charge is 0.496 e. The van der Waals surface area contributed by atoms with Crippen LogP contribution in [0, 0.1) is 0 Å². The Balaban J connectivity index is 1.66. The summed E-state index contributed by atoms with van der Waals surface area (Å²) in [4.78, 5) is 14.0. The summed E-state index contributed by atoms with van der Waals surface area (Å²) in [6.07, 6.45) is 9.64. The molecule has 34 heavy (non-hydrogen) atoms. The number of ether oxygens (including phenoxy) is 1. The third-order valence-corrected chi connectivity index (χ3v) is 7.75. The van der Waals surface area contributed by atoms with Crippen molar-refractivity contribution in [1.29, 1.82) is 0 Å². The van der Waals surface area contributed by atoms with Crippen LogP contribution in [-0.4, -0.2) is 54.0 Å². The fraction of sp³-hybridized carbons (Fsp3) is 0.308. The highest BCUT2D eigenvalue weighted by Gasteiger charge is 2.16. The number of nitrogens with two attached hydrogens (primary N) is 1. The van der Waals surface area contributed by atoms with Crippen LogP contribution in [0.4, 0.5) is 5.95 Å². The predicted molar refractivity (Wildman–Crippen MR) is 144 cm³/mol. The van der Waals surface area contributed by atoms with Gasteiger partial charge in [0.15, 0.2) is 12.3 Å². The van der Waals surface area contributed by atoms with Gasteiger partial charge in [-0.3, -0.25) is 0 Å². The Hall–Kier alpha value is -3.23. The molecule has 0 aliphatic carbocycles. The molecule has 2 aromatic carbocycles. The quantitative estimate of drug-likeness (QED) is 0.308. The number of rotatable bonds is 7.